The van der Waals surface area contributed by atoms with Crippen LogP contribution in [-0.4, -0.2) is 25.9 Å². The van der Waals surface area contributed by atoms with E-state index in [2.05, 4.69) is 20.6 Å². The van der Waals surface area contributed by atoms with Crippen LogP contribution in [0.3, 0.4) is 0 Å². The number of hydrogen-bond acceptors (Lipinski definition) is 5. The Morgan fingerprint density at radius 2 is 2.33 bits per heavy atom. The van der Waals surface area contributed by atoms with E-state index in [9.17, 15) is 4.79 Å². The zero-order valence-corrected chi connectivity index (χ0v) is 11.8. The zero-order valence-electron chi connectivity index (χ0n) is 11.8. The smallest absolute Gasteiger partial charge is 0.251 e. The minimum absolute atomic E-state index is 0.159. The van der Waals surface area contributed by atoms with Crippen LogP contribution in [0.25, 0.3) is 11.0 Å². The highest BCUT2D eigenvalue weighted by Crippen LogP contribution is 2.17. The Bertz CT molecular complexity index is 763. The van der Waals surface area contributed by atoms with E-state index in [4.69, 9.17) is 4.42 Å². The number of aryl methyl sites for hydroxylation is 1. The highest BCUT2D eigenvalue weighted by Gasteiger charge is 2.17. The van der Waals surface area contributed by atoms with Crippen LogP contribution < -0.4 is 5.32 Å². The number of carbonyl (C=O) groups excluding carboxylic acids is 1. The van der Waals surface area contributed by atoms with Crippen molar-refractivity contribution in [3.63, 3.8) is 0 Å². The average molecular weight is 285 g/mol. The molecule has 2 aromatic heterocycles. The van der Waals surface area contributed by atoms with Crippen molar-refractivity contribution in [1.29, 1.82) is 0 Å². The second-order valence-corrected chi connectivity index (χ2v) is 4.76. The van der Waals surface area contributed by atoms with Gasteiger partial charge in [0, 0.05) is 12.6 Å². The molecule has 1 amide bonds. The number of amides is 1. The van der Waals surface area contributed by atoms with Gasteiger partial charge in [-0.05, 0) is 24.6 Å². The van der Waals surface area contributed by atoms with E-state index in [0.29, 0.717) is 11.3 Å². The fourth-order valence-corrected chi connectivity index (χ4v) is 2.19. The molecule has 108 valence electrons. The van der Waals surface area contributed by atoms with Crippen LogP contribution in [0, 0.1) is 0 Å². The van der Waals surface area contributed by atoms with Gasteiger partial charge in [0.15, 0.2) is 6.39 Å². The number of rotatable bonds is 4. The quantitative estimate of drug-likeness (QED) is 0.790. The summed E-state index contributed by atoms with van der Waals surface area (Å²) in [5.41, 5.74) is 2.86. The Morgan fingerprint density at radius 1 is 1.48 bits per heavy atom. The van der Waals surface area contributed by atoms with Gasteiger partial charge in [-0.1, -0.05) is 12.1 Å². The lowest BCUT2D eigenvalue weighted by Gasteiger charge is -2.14. The first kappa shape index (κ1) is 13.3. The molecule has 2 heterocycles. The van der Waals surface area contributed by atoms with Crippen molar-refractivity contribution in [3.05, 3.63) is 42.1 Å². The van der Waals surface area contributed by atoms with Gasteiger partial charge in [-0.2, -0.15) is 0 Å². The normalized spacial score (nSPS) is 12.5. The summed E-state index contributed by atoms with van der Waals surface area (Å²) in [6.07, 6.45) is 3.63. The summed E-state index contributed by atoms with van der Waals surface area (Å²) < 4.78 is 6.61. The molecular formula is C14H15N5O2. The molecule has 0 bridgehead atoms. The number of oxazole rings is 1. The van der Waals surface area contributed by atoms with Gasteiger partial charge in [-0.3, -0.25) is 4.79 Å². The molecule has 1 N–H and O–H groups in total. The van der Waals surface area contributed by atoms with Crippen molar-refractivity contribution >= 4 is 16.9 Å². The molecule has 0 fully saturated rings. The summed E-state index contributed by atoms with van der Waals surface area (Å²) in [5.74, 6) is -0.159. The maximum Gasteiger partial charge on any atom is 0.251 e. The third-order valence-corrected chi connectivity index (χ3v) is 3.39. The highest BCUT2D eigenvalue weighted by atomic mass is 16.3. The number of benzene rings is 1. The lowest BCUT2D eigenvalue weighted by atomic mass is 10.1. The van der Waals surface area contributed by atoms with E-state index in [1.54, 1.807) is 36.2 Å². The second kappa shape index (κ2) is 5.35. The summed E-state index contributed by atoms with van der Waals surface area (Å²) >= 11 is 0. The lowest BCUT2D eigenvalue weighted by Crippen LogP contribution is -2.28. The van der Waals surface area contributed by atoms with E-state index < -0.39 is 0 Å². The number of fused-ring (bicyclic) bond motifs is 1. The molecule has 7 heteroatoms. The van der Waals surface area contributed by atoms with Crippen molar-refractivity contribution < 1.29 is 9.21 Å². The van der Waals surface area contributed by atoms with Crippen molar-refractivity contribution in [2.75, 3.05) is 0 Å². The maximum atomic E-state index is 12.4. The molecule has 0 radical (unpaired) electrons. The fourth-order valence-electron chi connectivity index (χ4n) is 2.19. The van der Waals surface area contributed by atoms with Crippen LogP contribution in [-0.2, 0) is 7.05 Å². The molecule has 3 aromatic rings. The van der Waals surface area contributed by atoms with Crippen LogP contribution in [0.5, 0.6) is 0 Å². The van der Waals surface area contributed by atoms with Crippen LogP contribution >= 0.6 is 0 Å². The molecule has 0 saturated carbocycles. The Morgan fingerprint density at radius 3 is 3.05 bits per heavy atom. The molecule has 1 atom stereocenters. The van der Waals surface area contributed by atoms with E-state index in [1.807, 2.05) is 6.92 Å². The summed E-state index contributed by atoms with van der Waals surface area (Å²) in [4.78, 5) is 16.5. The van der Waals surface area contributed by atoms with E-state index in [1.165, 1.54) is 6.39 Å². The van der Waals surface area contributed by atoms with Gasteiger partial charge in [0.1, 0.15) is 17.5 Å². The molecule has 0 aliphatic heterocycles. The van der Waals surface area contributed by atoms with Crippen molar-refractivity contribution in [2.45, 2.75) is 19.4 Å². The average Bonchev–Trinajstić information content (AvgIpc) is 3.15. The second-order valence-electron chi connectivity index (χ2n) is 4.76. The first-order valence-electron chi connectivity index (χ1n) is 6.67. The van der Waals surface area contributed by atoms with Gasteiger partial charge >= 0.3 is 0 Å². The molecule has 7 nitrogen and oxygen atoms in total. The monoisotopic (exact) mass is 285 g/mol. The number of nitrogens with one attached hydrogen (secondary N) is 1. The molecule has 0 saturated heterocycles. The van der Waals surface area contributed by atoms with Crippen LogP contribution in [0.15, 0.2) is 35.3 Å². The molecular weight excluding hydrogens is 270 g/mol. The van der Waals surface area contributed by atoms with Crippen LogP contribution in [0.4, 0.5) is 0 Å². The van der Waals surface area contributed by atoms with Crippen LogP contribution in [0.2, 0.25) is 0 Å². The van der Waals surface area contributed by atoms with E-state index in [0.717, 1.165) is 17.5 Å². The Balaban J connectivity index is 1.84. The first-order valence-corrected chi connectivity index (χ1v) is 6.67. The molecule has 0 aliphatic rings. The summed E-state index contributed by atoms with van der Waals surface area (Å²) in [6.45, 7) is 1.98. The zero-order chi connectivity index (χ0) is 14.8. The molecule has 21 heavy (non-hydrogen) atoms. The molecule has 3 rings (SSSR count). The Labute approximate surface area is 121 Å². The largest absolute Gasteiger partial charge is 0.451 e. The predicted octanol–water partition coefficient (Wildman–Crippen LogP) is 1.84. The first-order chi connectivity index (χ1) is 10.2. The van der Waals surface area contributed by atoms with Gasteiger partial charge < -0.3 is 9.73 Å². The maximum absolute atomic E-state index is 12.4. The van der Waals surface area contributed by atoms with Gasteiger partial charge in [-0.15, -0.1) is 5.10 Å². The lowest BCUT2D eigenvalue weighted by molar-refractivity contribution is 0.0935. The van der Waals surface area contributed by atoms with Gasteiger partial charge in [0.05, 0.1) is 11.6 Å². The number of carbonyl (C=O) groups is 1. The standard InChI is InChI=1S/C14H15N5O2/c1-3-10(12-7-21-8-15-12)16-14(20)9-4-5-11-13(6-9)19(2)18-17-11/h4-8,10H,3H2,1-2H3,(H,16,20). The number of hydrogen-bond donors (Lipinski definition) is 1. The SMILES string of the molecule is CCC(NC(=O)c1ccc2nnn(C)c2c1)c1cocn1. The molecule has 0 aliphatic carbocycles. The topological polar surface area (TPSA) is 85.8 Å². The molecule has 1 aromatic carbocycles. The molecule has 1 unspecified atom stereocenters. The summed E-state index contributed by atoms with van der Waals surface area (Å²) in [7, 11) is 1.79. The Kier molecular flexibility index (Phi) is 3.39. The fraction of sp³-hybridized carbons (Fsp3) is 0.286. The highest BCUT2D eigenvalue weighted by molar-refractivity contribution is 5.97. The van der Waals surface area contributed by atoms with Crippen molar-refractivity contribution in [3.8, 4) is 0 Å². The predicted molar refractivity (Wildman–Crippen MR) is 75.5 cm³/mol. The molecule has 0 spiro atoms. The third kappa shape index (κ3) is 2.49. The van der Waals surface area contributed by atoms with Crippen molar-refractivity contribution in [2.24, 2.45) is 7.05 Å². The number of nitrogens with zero attached hydrogens (tertiary/aromatic N) is 4. The van der Waals surface area contributed by atoms with Crippen LogP contribution in [0.1, 0.15) is 35.4 Å². The third-order valence-electron chi connectivity index (χ3n) is 3.39. The minimum Gasteiger partial charge on any atom is -0.451 e. The van der Waals surface area contributed by atoms with Gasteiger partial charge in [0.2, 0.25) is 0 Å². The van der Waals surface area contributed by atoms with E-state index in [-0.39, 0.29) is 11.9 Å². The van der Waals surface area contributed by atoms with Gasteiger partial charge in [-0.25, -0.2) is 9.67 Å². The number of aromatic nitrogens is 4. The summed E-state index contributed by atoms with van der Waals surface area (Å²) in [6, 6.07) is 5.13. The van der Waals surface area contributed by atoms with Crippen molar-refractivity contribution in [1.82, 2.24) is 25.3 Å². The minimum atomic E-state index is -0.170. The van der Waals surface area contributed by atoms with Gasteiger partial charge in [0.25, 0.3) is 5.91 Å². The summed E-state index contributed by atoms with van der Waals surface area (Å²) in [5, 5.41) is 10.9. The van der Waals surface area contributed by atoms with E-state index >= 15 is 0 Å². The Hall–Kier alpha value is -2.70.